The van der Waals surface area contributed by atoms with Crippen molar-refractivity contribution in [2.24, 2.45) is 0 Å². The van der Waals surface area contributed by atoms with Crippen molar-refractivity contribution in [2.45, 2.75) is 6.92 Å². The Morgan fingerprint density at radius 2 is 1.92 bits per heavy atom. The van der Waals surface area contributed by atoms with Crippen LogP contribution >= 0.6 is 11.6 Å². The molecule has 1 aromatic heterocycles. The number of aryl methyl sites for hydroxylation is 1. The molecule has 68 valence electrons. The van der Waals surface area contributed by atoms with Gasteiger partial charge in [-0.05, 0) is 19.1 Å². The van der Waals surface area contributed by atoms with Crippen LogP contribution in [0.2, 0.25) is 5.02 Å². The van der Waals surface area contributed by atoms with E-state index < -0.39 is 0 Å². The van der Waals surface area contributed by atoms with Crippen LogP contribution in [0.15, 0.2) is 30.3 Å². The van der Waals surface area contributed by atoms with Gasteiger partial charge in [-0.1, -0.05) is 29.8 Å². The Morgan fingerprint density at radius 3 is 2.69 bits per heavy atom. The van der Waals surface area contributed by atoms with Crippen LogP contribution in [0.25, 0.3) is 10.9 Å². The Bertz CT molecular complexity index is 428. The molecule has 0 unspecified atom stereocenters. The number of aromatic nitrogens is 1. The molecule has 0 saturated heterocycles. The molecule has 0 aliphatic rings. The fourth-order valence-corrected chi connectivity index (χ4v) is 1.57. The number of halogens is 1. The van der Waals surface area contributed by atoms with Crippen LogP contribution in [0.5, 0.6) is 0 Å². The van der Waals surface area contributed by atoms with Crippen LogP contribution in [0.1, 0.15) is 5.69 Å². The summed E-state index contributed by atoms with van der Waals surface area (Å²) in [6.07, 6.45) is 0. The monoisotopic (exact) mass is 195 g/mol. The van der Waals surface area contributed by atoms with Gasteiger partial charge in [0.25, 0.3) is 0 Å². The highest BCUT2D eigenvalue weighted by Gasteiger charge is 1.99. The van der Waals surface area contributed by atoms with Crippen LogP contribution in [-0.4, -0.2) is 10.5 Å². The van der Waals surface area contributed by atoms with Gasteiger partial charge in [0, 0.05) is 11.1 Å². The number of para-hydroxylation sites is 1. The molecule has 13 heavy (non-hydrogen) atoms. The Hall–Kier alpha value is -1.12. The Balaban J connectivity index is 0.000000845. The van der Waals surface area contributed by atoms with Gasteiger partial charge in [-0.25, -0.2) is 0 Å². The summed E-state index contributed by atoms with van der Waals surface area (Å²) < 4.78 is 0. The zero-order valence-corrected chi connectivity index (χ0v) is 7.97. The van der Waals surface area contributed by atoms with Crippen molar-refractivity contribution < 1.29 is 5.48 Å². The van der Waals surface area contributed by atoms with Gasteiger partial charge in [0.05, 0.1) is 10.5 Å². The van der Waals surface area contributed by atoms with E-state index in [4.69, 9.17) is 11.6 Å². The predicted octanol–water partition coefficient (Wildman–Crippen LogP) is 2.37. The summed E-state index contributed by atoms with van der Waals surface area (Å²) in [6.45, 7) is 1.94. The van der Waals surface area contributed by atoms with Gasteiger partial charge in [-0.15, -0.1) is 0 Å². The van der Waals surface area contributed by atoms with Gasteiger partial charge in [0.1, 0.15) is 0 Å². The van der Waals surface area contributed by atoms with Crippen LogP contribution in [0.3, 0.4) is 0 Å². The molecule has 0 amide bonds. The van der Waals surface area contributed by atoms with Gasteiger partial charge in [0.15, 0.2) is 0 Å². The summed E-state index contributed by atoms with van der Waals surface area (Å²) in [5.41, 5.74) is 1.92. The third-order valence-electron chi connectivity index (χ3n) is 1.79. The fourth-order valence-electron chi connectivity index (χ4n) is 1.26. The van der Waals surface area contributed by atoms with E-state index in [9.17, 15) is 0 Å². The molecule has 0 fully saturated rings. The molecule has 3 heteroatoms. The third-order valence-corrected chi connectivity index (χ3v) is 2.11. The van der Waals surface area contributed by atoms with Gasteiger partial charge in [0.2, 0.25) is 0 Å². The minimum Gasteiger partial charge on any atom is -0.412 e. The Labute approximate surface area is 81.5 Å². The minimum absolute atomic E-state index is 0. The van der Waals surface area contributed by atoms with E-state index in [1.165, 1.54) is 0 Å². The number of hydrogen-bond acceptors (Lipinski definition) is 1. The van der Waals surface area contributed by atoms with Crippen molar-refractivity contribution >= 4 is 22.5 Å². The topological polar surface area (TPSA) is 44.4 Å². The molecule has 0 atom stereocenters. The SMILES string of the molecule is Cc1cc(Cl)c2ccccc2n1.O. The van der Waals surface area contributed by atoms with Crippen molar-refractivity contribution in [3.05, 3.63) is 41.0 Å². The summed E-state index contributed by atoms with van der Waals surface area (Å²) >= 11 is 6.02. The van der Waals surface area contributed by atoms with Crippen LogP contribution in [0, 0.1) is 6.92 Å². The van der Waals surface area contributed by atoms with E-state index in [0.717, 1.165) is 21.6 Å². The number of rotatable bonds is 0. The smallest absolute Gasteiger partial charge is 0.0720 e. The molecule has 1 heterocycles. The number of benzene rings is 1. The second-order valence-corrected chi connectivity index (χ2v) is 3.17. The van der Waals surface area contributed by atoms with Gasteiger partial charge < -0.3 is 5.48 Å². The Kier molecular flexibility index (Phi) is 2.86. The number of pyridine rings is 1. The highest BCUT2D eigenvalue weighted by atomic mass is 35.5. The minimum atomic E-state index is 0. The molecule has 2 rings (SSSR count). The lowest BCUT2D eigenvalue weighted by atomic mass is 10.2. The lowest BCUT2D eigenvalue weighted by molar-refractivity contribution is 0.824. The van der Waals surface area contributed by atoms with Crippen LogP contribution in [-0.2, 0) is 0 Å². The molecule has 0 radical (unpaired) electrons. The van der Waals surface area contributed by atoms with Crippen molar-refractivity contribution in [3.63, 3.8) is 0 Å². The first-order valence-electron chi connectivity index (χ1n) is 3.79. The molecule has 0 saturated carbocycles. The Morgan fingerprint density at radius 1 is 1.23 bits per heavy atom. The molecule has 1 aromatic carbocycles. The summed E-state index contributed by atoms with van der Waals surface area (Å²) in [7, 11) is 0. The van der Waals surface area contributed by atoms with Crippen molar-refractivity contribution in [3.8, 4) is 0 Å². The molecular formula is C10H10ClNO. The first-order chi connectivity index (χ1) is 5.77. The van der Waals surface area contributed by atoms with Gasteiger partial charge in [-0.2, -0.15) is 0 Å². The standard InChI is InChI=1S/C10H8ClN.H2O/c1-7-6-9(11)8-4-2-3-5-10(8)12-7;/h2-6H,1H3;1H2. The largest absolute Gasteiger partial charge is 0.412 e. The van der Waals surface area contributed by atoms with E-state index in [2.05, 4.69) is 4.98 Å². The maximum absolute atomic E-state index is 6.02. The van der Waals surface area contributed by atoms with Gasteiger partial charge >= 0.3 is 0 Å². The predicted molar refractivity (Wildman–Crippen MR) is 55.1 cm³/mol. The fraction of sp³-hybridized carbons (Fsp3) is 0.100. The lowest BCUT2D eigenvalue weighted by Crippen LogP contribution is -1.83. The molecule has 0 aliphatic carbocycles. The molecule has 0 spiro atoms. The van der Waals surface area contributed by atoms with Gasteiger partial charge in [-0.3, -0.25) is 4.98 Å². The maximum Gasteiger partial charge on any atom is 0.0720 e. The van der Waals surface area contributed by atoms with E-state index >= 15 is 0 Å². The van der Waals surface area contributed by atoms with E-state index in [0.29, 0.717) is 0 Å². The molecule has 0 bridgehead atoms. The van der Waals surface area contributed by atoms with E-state index in [-0.39, 0.29) is 5.48 Å². The van der Waals surface area contributed by atoms with E-state index in [1.807, 2.05) is 37.3 Å². The highest BCUT2D eigenvalue weighted by Crippen LogP contribution is 2.21. The average Bonchev–Trinajstić information content (AvgIpc) is 2.04. The third kappa shape index (κ3) is 1.79. The quantitative estimate of drug-likeness (QED) is 0.637. The number of hydrogen-bond donors (Lipinski definition) is 0. The average molecular weight is 196 g/mol. The summed E-state index contributed by atoms with van der Waals surface area (Å²) in [5.74, 6) is 0. The number of nitrogens with zero attached hydrogens (tertiary/aromatic N) is 1. The second-order valence-electron chi connectivity index (χ2n) is 2.76. The zero-order valence-electron chi connectivity index (χ0n) is 7.21. The van der Waals surface area contributed by atoms with E-state index in [1.54, 1.807) is 0 Å². The zero-order chi connectivity index (χ0) is 8.55. The summed E-state index contributed by atoms with van der Waals surface area (Å²) in [5, 5.41) is 1.79. The van der Waals surface area contributed by atoms with Crippen molar-refractivity contribution in [2.75, 3.05) is 0 Å². The van der Waals surface area contributed by atoms with Crippen molar-refractivity contribution in [1.29, 1.82) is 0 Å². The number of fused-ring (bicyclic) bond motifs is 1. The van der Waals surface area contributed by atoms with Crippen LogP contribution in [0.4, 0.5) is 0 Å². The van der Waals surface area contributed by atoms with Crippen LogP contribution < -0.4 is 0 Å². The molecule has 0 aliphatic heterocycles. The molecule has 2 N–H and O–H groups in total. The lowest BCUT2D eigenvalue weighted by Gasteiger charge is -2.00. The summed E-state index contributed by atoms with van der Waals surface area (Å²) in [4.78, 5) is 4.35. The maximum atomic E-state index is 6.02. The first kappa shape index (κ1) is 9.96. The second kappa shape index (κ2) is 3.73. The summed E-state index contributed by atoms with van der Waals surface area (Å²) in [6, 6.07) is 9.75. The molecular weight excluding hydrogens is 186 g/mol. The highest BCUT2D eigenvalue weighted by molar-refractivity contribution is 6.35. The molecule has 2 aromatic rings. The normalized spacial score (nSPS) is 9.69. The molecule has 2 nitrogen and oxygen atoms in total. The van der Waals surface area contributed by atoms with Crippen molar-refractivity contribution in [1.82, 2.24) is 4.98 Å². The first-order valence-corrected chi connectivity index (χ1v) is 4.17.